The Kier molecular flexibility index (Phi) is 2.14. The van der Waals surface area contributed by atoms with E-state index in [1.807, 2.05) is 0 Å². The van der Waals surface area contributed by atoms with Gasteiger partial charge in [-0.05, 0) is 38.6 Å². The van der Waals surface area contributed by atoms with Crippen molar-refractivity contribution in [1.82, 2.24) is 5.32 Å². The molecule has 2 heteroatoms. The second-order valence-corrected chi connectivity index (χ2v) is 3.77. The van der Waals surface area contributed by atoms with Gasteiger partial charge in [0.25, 0.3) is 0 Å². The van der Waals surface area contributed by atoms with E-state index in [9.17, 15) is 0 Å². The van der Waals surface area contributed by atoms with Crippen LogP contribution in [-0.2, 0) is 4.74 Å². The standard InChI is InChI=1S/C9H17NO/c1-2-6-10-8-9(4-1)5-3-7-11-9/h10H,1-8H2. The summed E-state index contributed by atoms with van der Waals surface area (Å²) in [6.45, 7) is 3.26. The summed E-state index contributed by atoms with van der Waals surface area (Å²) in [5, 5.41) is 3.46. The Morgan fingerprint density at radius 1 is 1.09 bits per heavy atom. The maximum atomic E-state index is 5.80. The SMILES string of the molecule is C1CCC2(CCCO2)CNC1. The predicted octanol–water partition coefficient (Wildman–Crippen LogP) is 1.31. The fourth-order valence-corrected chi connectivity index (χ4v) is 2.19. The minimum Gasteiger partial charge on any atom is -0.374 e. The maximum Gasteiger partial charge on any atom is 0.0807 e. The molecule has 0 aromatic rings. The monoisotopic (exact) mass is 155 g/mol. The van der Waals surface area contributed by atoms with Crippen LogP contribution >= 0.6 is 0 Å². The zero-order valence-electron chi connectivity index (χ0n) is 7.07. The lowest BCUT2D eigenvalue weighted by molar-refractivity contribution is 0.00184. The third-order valence-electron chi connectivity index (χ3n) is 2.87. The van der Waals surface area contributed by atoms with E-state index >= 15 is 0 Å². The molecule has 2 rings (SSSR count). The zero-order chi connectivity index (χ0) is 7.57. The van der Waals surface area contributed by atoms with Gasteiger partial charge in [-0.3, -0.25) is 0 Å². The van der Waals surface area contributed by atoms with Crippen LogP contribution in [-0.4, -0.2) is 25.3 Å². The molecule has 2 nitrogen and oxygen atoms in total. The van der Waals surface area contributed by atoms with Gasteiger partial charge in [-0.1, -0.05) is 0 Å². The van der Waals surface area contributed by atoms with Gasteiger partial charge < -0.3 is 10.1 Å². The average Bonchev–Trinajstić information content (AvgIpc) is 2.32. The number of rotatable bonds is 0. The van der Waals surface area contributed by atoms with Crippen molar-refractivity contribution >= 4 is 0 Å². The van der Waals surface area contributed by atoms with Crippen molar-refractivity contribution in [2.75, 3.05) is 19.7 Å². The summed E-state index contributed by atoms with van der Waals surface area (Å²) in [5.74, 6) is 0. The Labute approximate surface area is 68.3 Å². The third kappa shape index (κ3) is 1.57. The van der Waals surface area contributed by atoms with Crippen LogP contribution in [0, 0.1) is 0 Å². The van der Waals surface area contributed by atoms with Crippen LogP contribution in [0.3, 0.4) is 0 Å². The lowest BCUT2D eigenvalue weighted by atomic mass is 9.95. The first kappa shape index (κ1) is 7.56. The van der Waals surface area contributed by atoms with Gasteiger partial charge in [0.15, 0.2) is 0 Å². The molecule has 1 N–H and O–H groups in total. The van der Waals surface area contributed by atoms with Crippen LogP contribution in [0.15, 0.2) is 0 Å². The molecule has 0 amide bonds. The molecule has 0 aromatic carbocycles. The molecule has 0 aliphatic carbocycles. The van der Waals surface area contributed by atoms with Crippen LogP contribution < -0.4 is 5.32 Å². The van der Waals surface area contributed by atoms with Crippen LogP contribution in [0.2, 0.25) is 0 Å². The largest absolute Gasteiger partial charge is 0.374 e. The molecule has 0 aromatic heterocycles. The Balaban J connectivity index is 1.97. The Morgan fingerprint density at radius 3 is 2.82 bits per heavy atom. The molecule has 0 radical (unpaired) electrons. The second kappa shape index (κ2) is 3.11. The van der Waals surface area contributed by atoms with E-state index < -0.39 is 0 Å². The third-order valence-corrected chi connectivity index (χ3v) is 2.87. The van der Waals surface area contributed by atoms with Crippen molar-refractivity contribution in [2.24, 2.45) is 0 Å². The topological polar surface area (TPSA) is 21.3 Å². The van der Waals surface area contributed by atoms with Crippen molar-refractivity contribution in [3.8, 4) is 0 Å². The molecule has 2 heterocycles. The van der Waals surface area contributed by atoms with E-state index in [4.69, 9.17) is 4.74 Å². The van der Waals surface area contributed by atoms with Gasteiger partial charge in [0.05, 0.1) is 5.60 Å². The summed E-state index contributed by atoms with van der Waals surface area (Å²) in [5.41, 5.74) is 0.247. The quantitative estimate of drug-likeness (QED) is 0.569. The summed E-state index contributed by atoms with van der Waals surface area (Å²) in [6.07, 6.45) is 6.49. The predicted molar refractivity (Wildman–Crippen MR) is 44.6 cm³/mol. The van der Waals surface area contributed by atoms with Crippen molar-refractivity contribution < 1.29 is 4.74 Å². The number of nitrogens with one attached hydrogen (secondary N) is 1. The normalized spacial score (nSPS) is 39.3. The van der Waals surface area contributed by atoms with Crippen molar-refractivity contribution in [3.05, 3.63) is 0 Å². The Hall–Kier alpha value is -0.0800. The van der Waals surface area contributed by atoms with Gasteiger partial charge >= 0.3 is 0 Å². The van der Waals surface area contributed by atoms with E-state index in [1.54, 1.807) is 0 Å². The molecule has 2 saturated heterocycles. The molecular weight excluding hydrogens is 138 g/mol. The molecule has 2 aliphatic heterocycles. The number of hydrogen-bond acceptors (Lipinski definition) is 2. The Morgan fingerprint density at radius 2 is 2.00 bits per heavy atom. The molecule has 0 bridgehead atoms. The number of ether oxygens (including phenoxy) is 1. The van der Waals surface area contributed by atoms with Crippen LogP contribution in [0.25, 0.3) is 0 Å². The zero-order valence-corrected chi connectivity index (χ0v) is 7.07. The summed E-state index contributed by atoms with van der Waals surface area (Å²) in [4.78, 5) is 0. The van der Waals surface area contributed by atoms with Gasteiger partial charge in [0, 0.05) is 13.2 Å². The van der Waals surface area contributed by atoms with Gasteiger partial charge in [0.1, 0.15) is 0 Å². The average molecular weight is 155 g/mol. The van der Waals surface area contributed by atoms with Gasteiger partial charge in [0.2, 0.25) is 0 Å². The summed E-state index contributed by atoms with van der Waals surface area (Å²) < 4.78 is 5.80. The van der Waals surface area contributed by atoms with Gasteiger partial charge in [-0.25, -0.2) is 0 Å². The maximum absolute atomic E-state index is 5.80. The minimum absolute atomic E-state index is 0.247. The molecule has 1 unspecified atom stereocenters. The highest BCUT2D eigenvalue weighted by Gasteiger charge is 2.34. The summed E-state index contributed by atoms with van der Waals surface area (Å²) >= 11 is 0. The van der Waals surface area contributed by atoms with Crippen LogP contribution in [0.1, 0.15) is 32.1 Å². The van der Waals surface area contributed by atoms with E-state index in [-0.39, 0.29) is 5.60 Å². The van der Waals surface area contributed by atoms with Crippen LogP contribution in [0.5, 0.6) is 0 Å². The minimum atomic E-state index is 0.247. The van der Waals surface area contributed by atoms with Crippen molar-refractivity contribution in [3.63, 3.8) is 0 Å². The fraction of sp³-hybridized carbons (Fsp3) is 1.00. The van der Waals surface area contributed by atoms with Crippen molar-refractivity contribution in [1.29, 1.82) is 0 Å². The first-order chi connectivity index (χ1) is 5.41. The highest BCUT2D eigenvalue weighted by Crippen LogP contribution is 2.31. The second-order valence-electron chi connectivity index (χ2n) is 3.77. The first-order valence-electron chi connectivity index (χ1n) is 4.76. The van der Waals surface area contributed by atoms with E-state index in [0.717, 1.165) is 13.2 Å². The molecule has 64 valence electrons. The smallest absolute Gasteiger partial charge is 0.0807 e. The van der Waals surface area contributed by atoms with E-state index in [2.05, 4.69) is 5.32 Å². The van der Waals surface area contributed by atoms with E-state index in [0.29, 0.717) is 0 Å². The summed E-state index contributed by atoms with van der Waals surface area (Å²) in [6, 6.07) is 0. The lowest BCUT2D eigenvalue weighted by Crippen LogP contribution is -2.38. The van der Waals surface area contributed by atoms with Gasteiger partial charge in [-0.2, -0.15) is 0 Å². The van der Waals surface area contributed by atoms with Gasteiger partial charge in [-0.15, -0.1) is 0 Å². The molecule has 2 aliphatic rings. The van der Waals surface area contributed by atoms with Crippen LogP contribution in [0.4, 0.5) is 0 Å². The Bertz CT molecular complexity index is 120. The first-order valence-corrected chi connectivity index (χ1v) is 4.76. The lowest BCUT2D eigenvalue weighted by Gasteiger charge is -2.26. The number of hydrogen-bond donors (Lipinski definition) is 1. The van der Waals surface area contributed by atoms with Crippen molar-refractivity contribution in [2.45, 2.75) is 37.7 Å². The fourth-order valence-electron chi connectivity index (χ4n) is 2.19. The molecule has 1 atom stereocenters. The molecule has 11 heavy (non-hydrogen) atoms. The van der Waals surface area contributed by atoms with E-state index in [1.165, 1.54) is 38.6 Å². The molecular formula is C9H17NO. The summed E-state index contributed by atoms with van der Waals surface area (Å²) in [7, 11) is 0. The molecule has 1 spiro atoms. The highest BCUT2D eigenvalue weighted by atomic mass is 16.5. The molecule has 0 saturated carbocycles. The highest BCUT2D eigenvalue weighted by molar-refractivity contribution is 4.88. The molecule has 2 fully saturated rings.